The lowest BCUT2D eigenvalue weighted by Gasteiger charge is -2.34. The van der Waals surface area contributed by atoms with Crippen molar-refractivity contribution in [1.29, 1.82) is 5.41 Å². The number of ether oxygens (including phenoxy) is 1. The first-order valence-corrected chi connectivity index (χ1v) is 10.5. The Morgan fingerprint density at radius 1 is 1.37 bits per heavy atom. The van der Waals surface area contributed by atoms with Crippen molar-refractivity contribution in [3.05, 3.63) is 58.4 Å². The molecule has 0 saturated carbocycles. The Kier molecular flexibility index (Phi) is 5.32. The second kappa shape index (κ2) is 7.87. The number of nitrogens with one attached hydrogen (secondary N) is 1. The van der Waals surface area contributed by atoms with Crippen LogP contribution in [0.4, 0.5) is 5.69 Å². The van der Waals surface area contributed by atoms with E-state index in [0.717, 1.165) is 40.5 Å². The predicted molar refractivity (Wildman–Crippen MR) is 114 cm³/mol. The van der Waals surface area contributed by atoms with Crippen molar-refractivity contribution in [2.24, 2.45) is 0 Å². The average Bonchev–Trinajstić information content (AvgIpc) is 3.33. The molecule has 4 nitrogen and oxygen atoms in total. The summed E-state index contributed by atoms with van der Waals surface area (Å²) in [7, 11) is 2.23. The van der Waals surface area contributed by atoms with Crippen LogP contribution < -0.4 is 9.64 Å². The van der Waals surface area contributed by atoms with Gasteiger partial charge in [0.2, 0.25) is 0 Å². The van der Waals surface area contributed by atoms with Gasteiger partial charge in [-0.15, -0.1) is 11.3 Å². The van der Waals surface area contributed by atoms with E-state index >= 15 is 0 Å². The van der Waals surface area contributed by atoms with E-state index in [1.165, 1.54) is 19.4 Å². The summed E-state index contributed by atoms with van der Waals surface area (Å²) in [6, 6.07) is 11.0. The van der Waals surface area contributed by atoms with Gasteiger partial charge in [0, 0.05) is 29.6 Å². The molecule has 1 unspecified atom stereocenters. The Morgan fingerprint density at radius 3 is 3.00 bits per heavy atom. The molecule has 0 amide bonds. The average molecular weight is 382 g/mol. The summed E-state index contributed by atoms with van der Waals surface area (Å²) in [4.78, 5) is 5.83. The summed E-state index contributed by atoms with van der Waals surface area (Å²) in [5.74, 6) is 0.915. The molecule has 1 N–H and O–H groups in total. The van der Waals surface area contributed by atoms with Gasteiger partial charge in [0.25, 0.3) is 0 Å². The van der Waals surface area contributed by atoms with Gasteiger partial charge in [-0.25, -0.2) is 0 Å². The van der Waals surface area contributed by atoms with Crippen LogP contribution in [0.1, 0.15) is 29.7 Å². The molecule has 0 aliphatic carbocycles. The van der Waals surface area contributed by atoms with Gasteiger partial charge in [-0.2, -0.15) is 0 Å². The number of rotatable bonds is 6. The molecule has 1 aromatic heterocycles. The van der Waals surface area contributed by atoms with Crippen molar-refractivity contribution in [3.8, 4) is 5.75 Å². The zero-order chi connectivity index (χ0) is 18.8. The van der Waals surface area contributed by atoms with Crippen LogP contribution in [-0.4, -0.2) is 43.4 Å². The molecule has 1 aromatic carbocycles. The molecule has 0 bridgehead atoms. The summed E-state index contributed by atoms with van der Waals surface area (Å²) in [5.41, 5.74) is 3.92. The van der Waals surface area contributed by atoms with Crippen LogP contribution in [0.15, 0.2) is 48.0 Å². The Balaban J connectivity index is 1.47. The van der Waals surface area contributed by atoms with Crippen molar-refractivity contribution in [2.75, 3.05) is 31.6 Å². The van der Waals surface area contributed by atoms with Crippen molar-refractivity contribution in [2.45, 2.75) is 31.7 Å². The summed E-state index contributed by atoms with van der Waals surface area (Å²) in [6.45, 7) is 6.95. The molecular weight excluding hydrogens is 354 g/mol. The van der Waals surface area contributed by atoms with Gasteiger partial charge in [-0.05, 0) is 62.0 Å². The van der Waals surface area contributed by atoms with E-state index < -0.39 is 0 Å². The molecule has 4 rings (SSSR count). The molecule has 1 fully saturated rings. The molecule has 1 atom stereocenters. The van der Waals surface area contributed by atoms with Crippen molar-refractivity contribution >= 4 is 22.7 Å². The van der Waals surface area contributed by atoms with Gasteiger partial charge in [-0.1, -0.05) is 18.7 Å². The van der Waals surface area contributed by atoms with Crippen molar-refractivity contribution < 1.29 is 4.74 Å². The molecule has 2 aliphatic heterocycles. The molecule has 1 saturated heterocycles. The van der Waals surface area contributed by atoms with Crippen molar-refractivity contribution in [1.82, 2.24) is 4.90 Å². The Morgan fingerprint density at radius 2 is 2.26 bits per heavy atom. The molecule has 5 heteroatoms. The van der Waals surface area contributed by atoms with Crippen LogP contribution in [0.5, 0.6) is 5.75 Å². The first-order chi connectivity index (χ1) is 13.1. The Labute approximate surface area is 165 Å². The van der Waals surface area contributed by atoms with E-state index in [4.69, 9.17) is 10.1 Å². The molecule has 142 valence electrons. The predicted octanol–water partition coefficient (Wildman–Crippen LogP) is 4.56. The van der Waals surface area contributed by atoms with Crippen LogP contribution in [0.2, 0.25) is 0 Å². The second-order valence-corrected chi connectivity index (χ2v) is 8.45. The number of likely N-dealkylation sites (tertiary alicyclic amines) is 1. The zero-order valence-corrected chi connectivity index (χ0v) is 16.7. The fraction of sp³-hybridized carbons (Fsp3) is 0.409. The smallest absolute Gasteiger partial charge is 0.143 e. The molecule has 0 spiro atoms. The van der Waals surface area contributed by atoms with Gasteiger partial charge in [-0.3, -0.25) is 0 Å². The lowest BCUT2D eigenvalue weighted by Crippen LogP contribution is -2.35. The van der Waals surface area contributed by atoms with E-state index in [9.17, 15) is 0 Å². The topological polar surface area (TPSA) is 39.6 Å². The van der Waals surface area contributed by atoms with Crippen LogP contribution in [0, 0.1) is 5.41 Å². The molecule has 2 aromatic rings. The number of benzene rings is 1. The Hall–Kier alpha value is -2.11. The number of thiophene rings is 1. The second-order valence-electron chi connectivity index (χ2n) is 7.51. The maximum absolute atomic E-state index is 8.32. The third-order valence-electron chi connectivity index (χ3n) is 5.65. The van der Waals surface area contributed by atoms with Crippen LogP contribution in [-0.2, 0) is 6.42 Å². The third kappa shape index (κ3) is 3.94. The molecule has 3 heterocycles. The van der Waals surface area contributed by atoms with E-state index in [1.807, 2.05) is 17.5 Å². The zero-order valence-electron chi connectivity index (χ0n) is 15.9. The number of hydrogen-bond donors (Lipinski definition) is 1. The molecule has 0 radical (unpaired) electrons. The van der Waals surface area contributed by atoms with E-state index in [1.54, 1.807) is 11.3 Å². The summed E-state index contributed by atoms with van der Waals surface area (Å²) >= 11 is 1.62. The van der Waals surface area contributed by atoms with E-state index in [-0.39, 0.29) is 0 Å². The monoisotopic (exact) mass is 381 g/mol. The minimum atomic E-state index is 0.541. The standard InChI is InChI=1S/C22H27N3OS/c1-16-15-26-21-14-17(13-19(23)22-6-4-12-27-22)7-8-20(21)25(16)11-9-18-5-3-10-24(18)2/h4,6-8,12,14,18,23H,1,3,5,9-11,13,15H2,2H3. The summed E-state index contributed by atoms with van der Waals surface area (Å²) in [6.07, 6.45) is 4.38. The fourth-order valence-electron chi connectivity index (χ4n) is 4.06. The fourth-order valence-corrected chi connectivity index (χ4v) is 4.73. The van der Waals surface area contributed by atoms with Gasteiger partial charge in [0.1, 0.15) is 12.4 Å². The third-order valence-corrected chi connectivity index (χ3v) is 6.58. The lowest BCUT2D eigenvalue weighted by molar-refractivity contribution is 0.293. The normalized spacial score (nSPS) is 19.8. The first-order valence-electron chi connectivity index (χ1n) is 9.64. The molecule has 2 aliphatic rings. The van der Waals surface area contributed by atoms with Gasteiger partial charge < -0.3 is 19.9 Å². The van der Waals surface area contributed by atoms with E-state index in [2.05, 4.69) is 41.6 Å². The summed E-state index contributed by atoms with van der Waals surface area (Å²) < 4.78 is 5.95. The highest BCUT2D eigenvalue weighted by atomic mass is 32.1. The maximum atomic E-state index is 8.32. The first kappa shape index (κ1) is 18.3. The van der Waals surface area contributed by atoms with Crippen LogP contribution >= 0.6 is 11.3 Å². The highest BCUT2D eigenvalue weighted by molar-refractivity contribution is 7.12. The number of fused-ring (bicyclic) bond motifs is 1. The molecular formula is C22H27N3OS. The highest BCUT2D eigenvalue weighted by Crippen LogP contribution is 2.36. The molecule has 27 heavy (non-hydrogen) atoms. The van der Waals surface area contributed by atoms with Crippen LogP contribution in [0.3, 0.4) is 0 Å². The van der Waals surface area contributed by atoms with Gasteiger partial charge in [0.05, 0.1) is 11.4 Å². The minimum Gasteiger partial charge on any atom is -0.485 e. The Bertz CT molecular complexity index is 830. The van der Waals surface area contributed by atoms with Crippen LogP contribution in [0.25, 0.3) is 0 Å². The highest BCUT2D eigenvalue weighted by Gasteiger charge is 2.25. The quantitative estimate of drug-likeness (QED) is 0.746. The van der Waals surface area contributed by atoms with Gasteiger partial charge >= 0.3 is 0 Å². The minimum absolute atomic E-state index is 0.541. The largest absolute Gasteiger partial charge is 0.485 e. The number of nitrogens with zero attached hydrogens (tertiary/aromatic N) is 2. The van der Waals surface area contributed by atoms with Crippen molar-refractivity contribution in [3.63, 3.8) is 0 Å². The van der Waals surface area contributed by atoms with Gasteiger partial charge in [0.15, 0.2) is 0 Å². The SMILES string of the molecule is C=C1COc2cc(CC(=N)c3cccs3)ccc2N1CCC1CCCN1C. The van der Waals surface area contributed by atoms with E-state index in [0.29, 0.717) is 24.8 Å². The lowest BCUT2D eigenvalue weighted by atomic mass is 10.0. The summed E-state index contributed by atoms with van der Waals surface area (Å²) in [5, 5.41) is 10.3. The number of anilines is 1. The maximum Gasteiger partial charge on any atom is 0.143 e. The number of hydrogen-bond acceptors (Lipinski definition) is 5.